The Morgan fingerprint density at radius 2 is 0.855 bits per heavy atom. The molecular weight excluding hydrogens is 730 g/mol. The molecule has 8 aromatic rings. The van der Waals surface area contributed by atoms with Gasteiger partial charge in [-0.2, -0.15) is 0 Å². The summed E-state index contributed by atoms with van der Waals surface area (Å²) in [6.07, 6.45) is 0. The average Bonchev–Trinajstić information content (AvgIpc) is 3.44. The van der Waals surface area contributed by atoms with Gasteiger partial charge in [0.05, 0.1) is 14.2 Å². The van der Waals surface area contributed by atoms with Gasteiger partial charge in [-0.1, -0.05) is 107 Å². The first-order valence-electron chi connectivity index (χ1n) is 18.1. The van der Waals surface area contributed by atoms with E-state index in [1.807, 2.05) is 121 Å². The van der Waals surface area contributed by atoms with Crippen molar-refractivity contribution in [3.05, 3.63) is 132 Å². The molecule has 0 amide bonds. The van der Waals surface area contributed by atoms with Crippen molar-refractivity contribution in [3.63, 3.8) is 0 Å². The van der Waals surface area contributed by atoms with Gasteiger partial charge in [0.15, 0.2) is 0 Å². The highest BCUT2D eigenvalue weighted by Gasteiger charge is 2.29. The van der Waals surface area contributed by atoms with Crippen molar-refractivity contribution < 1.29 is 35.3 Å². The minimum Gasteiger partial charge on any atom is -0.497 e. The Morgan fingerprint density at radius 1 is 0.491 bits per heavy atom. The second-order valence-electron chi connectivity index (χ2n) is 14.5. The van der Waals surface area contributed by atoms with E-state index < -0.39 is 21.9 Å². The summed E-state index contributed by atoms with van der Waals surface area (Å²) in [6.45, 7) is 10.6. The van der Waals surface area contributed by atoms with Crippen LogP contribution in [0.25, 0.3) is 55.0 Å². The van der Waals surface area contributed by atoms with E-state index in [-0.39, 0.29) is 5.92 Å². The molecule has 280 valence electrons. The smallest absolute Gasteiger partial charge is 0.453 e. The fourth-order valence-corrected chi connectivity index (χ4v) is 8.91. The van der Waals surface area contributed by atoms with Crippen LogP contribution in [0, 0.1) is 0 Å². The lowest BCUT2D eigenvalue weighted by molar-refractivity contribution is 0.409. The minimum atomic E-state index is -2.01. The Kier molecular flexibility index (Phi) is 9.81. The topological polar surface area (TPSA) is 89.5 Å². The number of methoxy groups -OCH3 is 2. The lowest BCUT2D eigenvalue weighted by Crippen LogP contribution is -2.13. The van der Waals surface area contributed by atoms with Crippen LogP contribution >= 0.6 is 16.5 Å². The first-order chi connectivity index (χ1) is 26.6. The summed E-state index contributed by atoms with van der Waals surface area (Å²) in [4.78, 5) is 0. The highest BCUT2D eigenvalue weighted by atomic mass is 31.1. The zero-order chi connectivity index (χ0) is 38.3. The maximum atomic E-state index is 7.03. The van der Waals surface area contributed by atoms with Gasteiger partial charge < -0.3 is 35.3 Å². The third-order valence-corrected chi connectivity index (χ3v) is 11.5. The maximum absolute atomic E-state index is 7.03. The molecule has 6 aromatic carbocycles. The van der Waals surface area contributed by atoms with Gasteiger partial charge in [0, 0.05) is 43.8 Å². The van der Waals surface area contributed by atoms with E-state index >= 15 is 0 Å². The molecule has 55 heavy (non-hydrogen) atoms. The van der Waals surface area contributed by atoms with Gasteiger partial charge in [-0.05, 0) is 59.9 Å². The molecule has 2 heterocycles. The number of hydrogen-bond donors (Lipinski definition) is 0. The van der Waals surface area contributed by atoms with Gasteiger partial charge in [-0.3, -0.25) is 0 Å². The summed E-state index contributed by atoms with van der Waals surface area (Å²) in [5.74, 6) is 2.46. The number of benzene rings is 6. The average molecular weight is 773 g/mol. The lowest BCUT2D eigenvalue weighted by atomic mass is 9.83. The minimum absolute atomic E-state index is 0.0216. The summed E-state index contributed by atoms with van der Waals surface area (Å²) >= 11 is 0. The molecular formula is C45H42O8P2. The van der Waals surface area contributed by atoms with Crippen molar-refractivity contribution in [2.45, 2.75) is 46.0 Å². The van der Waals surface area contributed by atoms with Crippen LogP contribution in [-0.4, -0.2) is 14.2 Å². The monoisotopic (exact) mass is 772 g/mol. The molecule has 0 aliphatic carbocycles. The summed E-state index contributed by atoms with van der Waals surface area (Å²) in [7, 11) is -0.683. The van der Waals surface area contributed by atoms with Crippen LogP contribution in [0.2, 0.25) is 0 Å². The van der Waals surface area contributed by atoms with Crippen molar-refractivity contribution in [2.24, 2.45) is 0 Å². The molecule has 0 bridgehead atoms. The lowest BCUT2D eigenvalue weighted by Gasteiger charge is -2.26. The standard InChI is InChI=1S/C45H42O8P2/c1-28(2)35-24-29(46-6)25-36(43(35)52-54-48-39-20-12-8-16-31(39)32-17-9-13-21-40(32)49-54)37-26-30(47-7)27-38(45(3,4)5)44(37)53-55-50-41-22-14-10-18-33(41)34-19-11-15-23-42(34)51-55/h8-28H,1-7H3. The summed E-state index contributed by atoms with van der Waals surface area (Å²) < 4.78 is 52.3. The van der Waals surface area contributed by atoms with E-state index in [1.54, 1.807) is 14.2 Å². The molecule has 0 saturated carbocycles. The molecule has 0 atom stereocenters. The van der Waals surface area contributed by atoms with Crippen LogP contribution < -0.4 is 18.5 Å². The van der Waals surface area contributed by atoms with Crippen LogP contribution in [0.15, 0.2) is 138 Å². The van der Waals surface area contributed by atoms with E-state index in [9.17, 15) is 0 Å². The molecule has 8 nitrogen and oxygen atoms in total. The molecule has 0 fully saturated rings. The zero-order valence-electron chi connectivity index (χ0n) is 31.8. The highest BCUT2D eigenvalue weighted by Crippen LogP contribution is 2.53. The van der Waals surface area contributed by atoms with Crippen LogP contribution in [0.4, 0.5) is 0 Å². The maximum Gasteiger partial charge on any atom is 0.453 e. The molecule has 0 radical (unpaired) electrons. The first kappa shape index (κ1) is 36.3. The normalized spacial score (nSPS) is 11.7. The van der Waals surface area contributed by atoms with Gasteiger partial charge in [0.25, 0.3) is 0 Å². The molecule has 8 rings (SSSR count). The molecule has 0 aliphatic rings. The Morgan fingerprint density at radius 3 is 1.24 bits per heavy atom. The summed E-state index contributed by atoms with van der Waals surface area (Å²) in [6, 6.07) is 39.5. The predicted octanol–water partition coefficient (Wildman–Crippen LogP) is 14.7. The Balaban J connectivity index is 1.42. The van der Waals surface area contributed by atoms with E-state index in [1.165, 1.54) is 0 Å². The number of ether oxygens (including phenoxy) is 2. The third-order valence-electron chi connectivity index (χ3n) is 9.50. The van der Waals surface area contributed by atoms with Crippen LogP contribution in [0.1, 0.15) is 51.7 Å². The van der Waals surface area contributed by atoms with Crippen molar-refractivity contribution >= 4 is 60.4 Å². The van der Waals surface area contributed by atoms with E-state index in [0.29, 0.717) is 56.5 Å². The van der Waals surface area contributed by atoms with Crippen molar-refractivity contribution in [3.8, 4) is 34.1 Å². The second kappa shape index (κ2) is 14.9. The largest absolute Gasteiger partial charge is 0.497 e. The van der Waals surface area contributed by atoms with Crippen LogP contribution in [0.3, 0.4) is 0 Å². The van der Waals surface area contributed by atoms with E-state index in [2.05, 4.69) is 34.6 Å². The molecule has 0 spiro atoms. The highest BCUT2D eigenvalue weighted by molar-refractivity contribution is 7.32. The Bertz CT molecular complexity index is 2660. The van der Waals surface area contributed by atoms with Crippen molar-refractivity contribution in [1.29, 1.82) is 0 Å². The quantitative estimate of drug-likeness (QED) is 0.151. The fraction of sp³-hybridized carbons (Fsp3) is 0.200. The van der Waals surface area contributed by atoms with Gasteiger partial charge in [0.1, 0.15) is 45.3 Å². The SMILES string of the molecule is COc1cc(-c2cc(OC)cc(C(C)(C)C)c2Op2oc3ccccc3c3ccccc3o2)c(Op2oc3ccccc3c3ccccc3o2)c(C(C)C)c1. The third kappa shape index (κ3) is 7.16. The number of rotatable bonds is 8. The van der Waals surface area contributed by atoms with Gasteiger partial charge in [-0.25, -0.2) is 0 Å². The van der Waals surface area contributed by atoms with Crippen LogP contribution in [-0.2, 0) is 5.41 Å². The van der Waals surface area contributed by atoms with E-state index in [0.717, 1.165) is 32.7 Å². The predicted molar refractivity (Wildman–Crippen MR) is 222 cm³/mol. The molecule has 0 N–H and O–H groups in total. The molecule has 2 aromatic heterocycles. The Labute approximate surface area is 321 Å². The summed E-state index contributed by atoms with van der Waals surface area (Å²) in [5, 5.41) is 3.71. The van der Waals surface area contributed by atoms with Gasteiger partial charge in [-0.15, -0.1) is 0 Å². The number of hydrogen-bond acceptors (Lipinski definition) is 8. The van der Waals surface area contributed by atoms with Gasteiger partial charge in [0.2, 0.25) is 0 Å². The molecule has 0 saturated heterocycles. The first-order valence-corrected chi connectivity index (χ1v) is 20.3. The molecule has 0 unspecified atom stereocenters. The molecule has 10 heteroatoms. The molecule has 0 aliphatic heterocycles. The van der Waals surface area contributed by atoms with Crippen LogP contribution in [0.5, 0.6) is 23.0 Å². The van der Waals surface area contributed by atoms with Crippen molar-refractivity contribution in [1.82, 2.24) is 0 Å². The van der Waals surface area contributed by atoms with Gasteiger partial charge >= 0.3 is 16.5 Å². The number of para-hydroxylation sites is 4. The van der Waals surface area contributed by atoms with E-state index in [4.69, 9.17) is 35.3 Å². The fourth-order valence-electron chi connectivity index (χ4n) is 6.71. The Hall–Kier alpha value is -5.68. The zero-order valence-corrected chi connectivity index (χ0v) is 33.6. The second-order valence-corrected chi connectivity index (χ2v) is 16.5. The van der Waals surface area contributed by atoms with Crippen molar-refractivity contribution in [2.75, 3.05) is 14.2 Å². The number of fused-ring (bicyclic) bond motifs is 6. The summed E-state index contributed by atoms with van der Waals surface area (Å²) in [5.41, 5.74) is 5.47.